The molecule has 96 valence electrons. The van der Waals surface area contributed by atoms with Crippen LogP contribution in [0.25, 0.3) is 12.2 Å². The summed E-state index contributed by atoms with van der Waals surface area (Å²) in [5.41, 5.74) is -0.839. The zero-order valence-electron chi connectivity index (χ0n) is 10.6. The van der Waals surface area contributed by atoms with Crippen LogP contribution in [-0.2, 0) is 0 Å². The van der Waals surface area contributed by atoms with Crippen molar-refractivity contribution in [2.24, 2.45) is 0 Å². The van der Waals surface area contributed by atoms with Crippen LogP contribution in [-0.4, -0.2) is 16.1 Å². The highest BCUT2D eigenvalue weighted by atomic mass is 16.4. The van der Waals surface area contributed by atoms with Crippen LogP contribution in [0.3, 0.4) is 0 Å². The van der Waals surface area contributed by atoms with Crippen LogP contribution in [0.15, 0.2) is 36.3 Å². The number of aromatic amines is 1. The van der Waals surface area contributed by atoms with Crippen molar-refractivity contribution in [3.63, 3.8) is 0 Å². The quantitative estimate of drug-likeness (QED) is 0.838. The topological polar surface area (TPSA) is 70.2 Å². The highest BCUT2D eigenvalue weighted by molar-refractivity contribution is 5.87. The van der Waals surface area contributed by atoms with Crippen molar-refractivity contribution in [1.82, 2.24) is 4.98 Å². The molecule has 1 rings (SSSR count). The average molecular weight is 247 g/mol. The van der Waals surface area contributed by atoms with Crippen LogP contribution < -0.4 is 16.0 Å². The third-order valence-electron chi connectivity index (χ3n) is 1.95. The molecule has 0 unspecified atom stereocenters. The summed E-state index contributed by atoms with van der Waals surface area (Å²) in [6.07, 6.45) is 7.15. The minimum Gasteiger partial charge on any atom is -0.477 e. The number of rotatable bonds is 3. The second kappa shape index (κ2) is 7.84. The van der Waals surface area contributed by atoms with Crippen molar-refractivity contribution in [1.29, 1.82) is 0 Å². The van der Waals surface area contributed by atoms with Gasteiger partial charge in [-0.3, -0.25) is 4.79 Å². The Bertz CT molecular complexity index is 609. The number of hydrogen-bond acceptors (Lipinski definition) is 2. The standard InChI is InChI=1S/C12H11NO3.C2H6/c1-3-5-8-10(6-4-2)13-7-9(11(8)14)12(15)16;1-2/h3-7,13H,1-2H2,(H,15,16);1-2H3/b8-5+,10-6+;. The van der Waals surface area contributed by atoms with E-state index in [1.165, 1.54) is 24.4 Å². The summed E-state index contributed by atoms with van der Waals surface area (Å²) >= 11 is 0. The van der Waals surface area contributed by atoms with Gasteiger partial charge < -0.3 is 10.1 Å². The Morgan fingerprint density at radius 2 is 1.83 bits per heavy atom. The minimum absolute atomic E-state index is 0.259. The van der Waals surface area contributed by atoms with E-state index >= 15 is 0 Å². The first-order valence-electron chi connectivity index (χ1n) is 5.52. The number of aromatic carboxylic acids is 1. The van der Waals surface area contributed by atoms with E-state index < -0.39 is 11.4 Å². The maximum Gasteiger partial charge on any atom is 0.341 e. The number of hydrogen-bond donors (Lipinski definition) is 2. The first-order chi connectivity index (χ1) is 8.61. The fourth-order valence-corrected chi connectivity index (χ4v) is 1.26. The van der Waals surface area contributed by atoms with Gasteiger partial charge in [0.25, 0.3) is 0 Å². The Kier molecular flexibility index (Phi) is 6.81. The summed E-state index contributed by atoms with van der Waals surface area (Å²) in [7, 11) is 0. The molecule has 1 aromatic heterocycles. The molecule has 0 amide bonds. The van der Waals surface area contributed by atoms with Crippen molar-refractivity contribution >= 4 is 18.1 Å². The number of carboxylic acid groups (broad SMARTS) is 1. The van der Waals surface area contributed by atoms with Crippen molar-refractivity contribution in [2.45, 2.75) is 13.8 Å². The van der Waals surface area contributed by atoms with E-state index in [1.54, 1.807) is 6.08 Å². The molecular weight excluding hydrogens is 230 g/mol. The number of allylic oxidation sites excluding steroid dienone is 2. The minimum atomic E-state index is -1.26. The van der Waals surface area contributed by atoms with Crippen LogP contribution in [0.1, 0.15) is 24.2 Å². The van der Waals surface area contributed by atoms with Gasteiger partial charge in [0, 0.05) is 16.8 Å². The molecule has 0 aromatic carbocycles. The molecule has 1 aromatic rings. The average Bonchev–Trinajstić information content (AvgIpc) is 2.36. The normalized spacial score (nSPS) is 11.4. The predicted octanol–water partition coefficient (Wildman–Crippen LogP) is 1.03. The molecule has 0 saturated carbocycles. The summed E-state index contributed by atoms with van der Waals surface area (Å²) in [5, 5.41) is 9.55. The van der Waals surface area contributed by atoms with Gasteiger partial charge in [0.05, 0.1) is 0 Å². The van der Waals surface area contributed by atoms with E-state index in [2.05, 4.69) is 18.1 Å². The van der Waals surface area contributed by atoms with E-state index in [4.69, 9.17) is 5.11 Å². The summed E-state index contributed by atoms with van der Waals surface area (Å²) in [4.78, 5) is 25.2. The zero-order chi connectivity index (χ0) is 14.1. The summed E-state index contributed by atoms with van der Waals surface area (Å²) < 4.78 is 0. The molecule has 0 saturated heterocycles. The third kappa shape index (κ3) is 3.59. The van der Waals surface area contributed by atoms with E-state index in [0.717, 1.165) is 0 Å². The number of pyridine rings is 1. The maximum absolute atomic E-state index is 11.8. The largest absolute Gasteiger partial charge is 0.477 e. The van der Waals surface area contributed by atoms with Crippen molar-refractivity contribution in [3.05, 3.63) is 57.9 Å². The Morgan fingerprint density at radius 3 is 2.28 bits per heavy atom. The highest BCUT2D eigenvalue weighted by Gasteiger charge is 2.08. The monoisotopic (exact) mass is 247 g/mol. The molecule has 0 spiro atoms. The van der Waals surface area contributed by atoms with Gasteiger partial charge in [0.1, 0.15) is 5.56 Å². The van der Waals surface area contributed by atoms with Crippen LogP contribution in [0.4, 0.5) is 0 Å². The fraction of sp³-hybridized carbons (Fsp3) is 0.143. The predicted molar refractivity (Wildman–Crippen MR) is 73.9 cm³/mol. The van der Waals surface area contributed by atoms with Gasteiger partial charge in [-0.05, 0) is 12.2 Å². The lowest BCUT2D eigenvalue weighted by Crippen LogP contribution is -2.43. The van der Waals surface area contributed by atoms with Crippen LogP contribution in [0, 0.1) is 0 Å². The van der Waals surface area contributed by atoms with Crippen LogP contribution in [0.5, 0.6) is 0 Å². The SMILES string of the molecule is C=C/C=c1/[nH]cc(C(=O)O)c(=O)/c1=C/C=C.CC. The van der Waals surface area contributed by atoms with Gasteiger partial charge in [-0.2, -0.15) is 0 Å². The third-order valence-corrected chi connectivity index (χ3v) is 1.95. The van der Waals surface area contributed by atoms with Crippen LogP contribution in [0.2, 0.25) is 0 Å². The maximum atomic E-state index is 11.8. The fourth-order valence-electron chi connectivity index (χ4n) is 1.26. The molecule has 0 atom stereocenters. The molecular formula is C14H17NO3. The first kappa shape index (κ1) is 15.6. The lowest BCUT2D eigenvalue weighted by molar-refractivity contribution is 0.0695. The van der Waals surface area contributed by atoms with E-state index in [-0.39, 0.29) is 10.8 Å². The molecule has 0 fully saturated rings. The van der Waals surface area contributed by atoms with Gasteiger partial charge in [0.15, 0.2) is 0 Å². The Balaban J connectivity index is 0.00000137. The molecule has 0 bridgehead atoms. The molecule has 0 aliphatic rings. The summed E-state index contributed by atoms with van der Waals surface area (Å²) in [6, 6.07) is 0. The second-order valence-electron chi connectivity index (χ2n) is 2.97. The van der Waals surface area contributed by atoms with E-state index in [9.17, 15) is 9.59 Å². The van der Waals surface area contributed by atoms with Gasteiger partial charge in [0.2, 0.25) is 5.43 Å². The molecule has 4 nitrogen and oxygen atoms in total. The van der Waals surface area contributed by atoms with Gasteiger partial charge in [-0.25, -0.2) is 4.79 Å². The first-order valence-corrected chi connectivity index (χ1v) is 5.52. The Hall–Kier alpha value is -2.36. The number of carboxylic acids is 1. The second-order valence-corrected chi connectivity index (χ2v) is 2.97. The van der Waals surface area contributed by atoms with Gasteiger partial charge in [-0.15, -0.1) is 0 Å². The Labute approximate surface area is 105 Å². The Morgan fingerprint density at radius 1 is 1.28 bits per heavy atom. The molecule has 1 heterocycles. The number of carbonyl (C=O) groups is 1. The van der Waals surface area contributed by atoms with Crippen molar-refractivity contribution in [2.75, 3.05) is 0 Å². The number of aromatic nitrogens is 1. The molecule has 0 radical (unpaired) electrons. The number of H-pyrrole nitrogens is 1. The van der Waals surface area contributed by atoms with Crippen molar-refractivity contribution < 1.29 is 9.90 Å². The van der Waals surface area contributed by atoms with Crippen molar-refractivity contribution in [3.8, 4) is 0 Å². The molecule has 4 heteroatoms. The number of nitrogens with one attached hydrogen (secondary N) is 1. The smallest absolute Gasteiger partial charge is 0.341 e. The summed E-state index contributed by atoms with van der Waals surface area (Å²) in [6.45, 7) is 11.0. The molecule has 0 aliphatic carbocycles. The molecule has 18 heavy (non-hydrogen) atoms. The van der Waals surface area contributed by atoms with Gasteiger partial charge >= 0.3 is 5.97 Å². The van der Waals surface area contributed by atoms with Gasteiger partial charge in [-0.1, -0.05) is 39.2 Å². The molecule has 0 aliphatic heterocycles. The lowest BCUT2D eigenvalue weighted by Gasteiger charge is -1.94. The zero-order valence-corrected chi connectivity index (χ0v) is 10.6. The summed E-state index contributed by atoms with van der Waals surface area (Å²) in [5.74, 6) is -1.26. The lowest BCUT2D eigenvalue weighted by atomic mass is 10.2. The van der Waals surface area contributed by atoms with E-state index in [0.29, 0.717) is 5.35 Å². The highest BCUT2D eigenvalue weighted by Crippen LogP contribution is 1.82. The van der Waals surface area contributed by atoms with Crippen LogP contribution >= 0.6 is 0 Å². The molecule has 2 N–H and O–H groups in total. The van der Waals surface area contributed by atoms with E-state index in [1.807, 2.05) is 13.8 Å².